The Bertz CT molecular complexity index is 349. The van der Waals surface area contributed by atoms with Gasteiger partial charge in [0.2, 0.25) is 0 Å². The van der Waals surface area contributed by atoms with Crippen molar-refractivity contribution in [3.05, 3.63) is 16.1 Å². The minimum absolute atomic E-state index is 0.817. The third kappa shape index (κ3) is 4.04. The van der Waals surface area contributed by atoms with Crippen molar-refractivity contribution in [2.24, 2.45) is 5.92 Å². The van der Waals surface area contributed by atoms with Gasteiger partial charge in [-0.1, -0.05) is 6.92 Å². The number of nitrogens with one attached hydrogen (secondary N) is 1. The lowest BCUT2D eigenvalue weighted by Crippen LogP contribution is -2.38. The first-order chi connectivity index (χ1) is 8.81. The Hall–Kier alpha value is -0.450. The number of thiazole rings is 1. The van der Waals surface area contributed by atoms with Crippen LogP contribution in [0.4, 0.5) is 0 Å². The Morgan fingerprint density at radius 1 is 1.56 bits per heavy atom. The molecule has 0 radical (unpaired) electrons. The van der Waals surface area contributed by atoms with Crippen LogP contribution < -0.4 is 5.32 Å². The van der Waals surface area contributed by atoms with E-state index in [1.54, 1.807) is 0 Å². The van der Waals surface area contributed by atoms with Gasteiger partial charge in [-0.15, -0.1) is 11.3 Å². The molecule has 102 valence electrons. The minimum Gasteiger partial charge on any atom is -0.319 e. The van der Waals surface area contributed by atoms with Crippen LogP contribution in [0.5, 0.6) is 0 Å². The lowest BCUT2D eigenvalue weighted by molar-refractivity contribution is 0.165. The van der Waals surface area contributed by atoms with Crippen molar-refractivity contribution in [1.29, 1.82) is 0 Å². The lowest BCUT2D eigenvalue weighted by Gasteiger charge is -2.32. The molecule has 0 amide bonds. The average Bonchev–Trinajstić information content (AvgIpc) is 2.78. The van der Waals surface area contributed by atoms with E-state index < -0.39 is 0 Å². The third-order valence-electron chi connectivity index (χ3n) is 3.54. The zero-order chi connectivity index (χ0) is 12.8. The quantitative estimate of drug-likeness (QED) is 0.858. The molecule has 0 bridgehead atoms. The second-order valence-corrected chi connectivity index (χ2v) is 6.23. The summed E-state index contributed by atoms with van der Waals surface area (Å²) in [5, 5.41) is 6.85. The standard InChI is InChI=1S/C14H25N3S/c1-3-5-14-16-13(11-18-14)10-17-7-4-6-12(9-17)8-15-2/h11-12,15H,3-10H2,1-2H3. The summed E-state index contributed by atoms with van der Waals surface area (Å²) in [6.07, 6.45) is 5.03. The molecule has 2 rings (SSSR count). The summed E-state index contributed by atoms with van der Waals surface area (Å²) in [7, 11) is 2.05. The van der Waals surface area contributed by atoms with E-state index in [4.69, 9.17) is 4.98 Å². The number of likely N-dealkylation sites (tertiary alicyclic amines) is 1. The van der Waals surface area contributed by atoms with Gasteiger partial charge in [0.1, 0.15) is 0 Å². The van der Waals surface area contributed by atoms with E-state index in [9.17, 15) is 0 Å². The van der Waals surface area contributed by atoms with Crippen LogP contribution in [0.1, 0.15) is 36.9 Å². The molecule has 3 nitrogen and oxygen atoms in total. The van der Waals surface area contributed by atoms with Gasteiger partial charge in [0, 0.05) is 18.5 Å². The monoisotopic (exact) mass is 267 g/mol. The van der Waals surface area contributed by atoms with Crippen LogP contribution in [0.25, 0.3) is 0 Å². The maximum Gasteiger partial charge on any atom is 0.0928 e. The molecule has 1 atom stereocenters. The van der Waals surface area contributed by atoms with Crippen LogP contribution >= 0.6 is 11.3 Å². The van der Waals surface area contributed by atoms with Gasteiger partial charge in [-0.2, -0.15) is 0 Å². The van der Waals surface area contributed by atoms with Gasteiger partial charge in [0.05, 0.1) is 10.7 Å². The fourth-order valence-corrected chi connectivity index (χ4v) is 3.62. The van der Waals surface area contributed by atoms with Crippen LogP contribution in [0.3, 0.4) is 0 Å². The number of aromatic nitrogens is 1. The highest BCUT2D eigenvalue weighted by molar-refractivity contribution is 7.09. The molecule has 0 saturated carbocycles. The van der Waals surface area contributed by atoms with Gasteiger partial charge in [-0.25, -0.2) is 4.98 Å². The van der Waals surface area contributed by atoms with Gasteiger partial charge in [-0.3, -0.25) is 4.90 Å². The molecule has 0 aromatic carbocycles. The van der Waals surface area contributed by atoms with Crippen molar-refractivity contribution in [2.45, 2.75) is 39.2 Å². The highest BCUT2D eigenvalue weighted by Gasteiger charge is 2.19. The average molecular weight is 267 g/mol. The molecule has 1 saturated heterocycles. The first kappa shape index (κ1) is 14.0. The number of aryl methyl sites for hydroxylation is 1. The first-order valence-corrected chi connectivity index (χ1v) is 8.00. The topological polar surface area (TPSA) is 28.2 Å². The Morgan fingerprint density at radius 2 is 2.44 bits per heavy atom. The molecule has 1 N–H and O–H groups in total. The van der Waals surface area contributed by atoms with E-state index in [1.807, 2.05) is 11.3 Å². The molecule has 1 aliphatic heterocycles. The summed E-state index contributed by atoms with van der Waals surface area (Å²) in [6.45, 7) is 6.87. The molecule has 1 aromatic rings. The summed E-state index contributed by atoms with van der Waals surface area (Å²) in [6, 6.07) is 0. The first-order valence-electron chi connectivity index (χ1n) is 7.12. The number of nitrogens with zero attached hydrogens (tertiary/aromatic N) is 2. The van der Waals surface area contributed by atoms with Crippen molar-refractivity contribution in [3.8, 4) is 0 Å². The molecular weight excluding hydrogens is 242 g/mol. The fourth-order valence-electron chi connectivity index (χ4n) is 2.73. The molecule has 1 aliphatic rings. The second-order valence-electron chi connectivity index (χ2n) is 5.28. The predicted octanol–water partition coefficient (Wildman–Crippen LogP) is 2.53. The van der Waals surface area contributed by atoms with Crippen molar-refractivity contribution in [2.75, 3.05) is 26.7 Å². The van der Waals surface area contributed by atoms with E-state index >= 15 is 0 Å². The van der Waals surface area contributed by atoms with E-state index in [0.717, 1.165) is 25.4 Å². The highest BCUT2D eigenvalue weighted by Crippen LogP contribution is 2.19. The zero-order valence-electron chi connectivity index (χ0n) is 11.6. The number of piperidine rings is 1. The van der Waals surface area contributed by atoms with Crippen molar-refractivity contribution in [1.82, 2.24) is 15.2 Å². The lowest BCUT2D eigenvalue weighted by atomic mass is 9.98. The van der Waals surface area contributed by atoms with Gasteiger partial charge < -0.3 is 5.32 Å². The maximum absolute atomic E-state index is 4.73. The summed E-state index contributed by atoms with van der Waals surface area (Å²) < 4.78 is 0. The Kier molecular flexibility index (Phi) is 5.60. The van der Waals surface area contributed by atoms with Gasteiger partial charge in [0.15, 0.2) is 0 Å². The maximum atomic E-state index is 4.73. The second kappa shape index (κ2) is 7.22. The fraction of sp³-hybridized carbons (Fsp3) is 0.786. The zero-order valence-corrected chi connectivity index (χ0v) is 12.4. The van der Waals surface area contributed by atoms with Crippen LogP contribution in [-0.2, 0) is 13.0 Å². The van der Waals surface area contributed by atoms with Crippen molar-refractivity contribution < 1.29 is 0 Å². The minimum atomic E-state index is 0.817. The molecule has 18 heavy (non-hydrogen) atoms. The molecule has 1 unspecified atom stereocenters. The normalized spacial score (nSPS) is 21.3. The van der Waals surface area contributed by atoms with Crippen LogP contribution in [0.15, 0.2) is 5.38 Å². The van der Waals surface area contributed by atoms with Gasteiger partial charge in [0.25, 0.3) is 0 Å². The molecule has 4 heteroatoms. The number of hydrogen-bond acceptors (Lipinski definition) is 4. The number of hydrogen-bond donors (Lipinski definition) is 1. The van der Waals surface area contributed by atoms with E-state index in [-0.39, 0.29) is 0 Å². The SMILES string of the molecule is CCCc1nc(CN2CCCC(CNC)C2)cs1. The smallest absolute Gasteiger partial charge is 0.0928 e. The molecule has 2 heterocycles. The van der Waals surface area contributed by atoms with Crippen molar-refractivity contribution >= 4 is 11.3 Å². The summed E-state index contributed by atoms with van der Waals surface area (Å²) >= 11 is 1.82. The highest BCUT2D eigenvalue weighted by atomic mass is 32.1. The molecule has 1 aromatic heterocycles. The molecule has 0 aliphatic carbocycles. The summed E-state index contributed by atoms with van der Waals surface area (Å²) in [5.41, 5.74) is 1.27. The van der Waals surface area contributed by atoms with Gasteiger partial charge in [-0.05, 0) is 51.7 Å². The summed E-state index contributed by atoms with van der Waals surface area (Å²) in [4.78, 5) is 7.29. The largest absolute Gasteiger partial charge is 0.319 e. The van der Waals surface area contributed by atoms with E-state index in [2.05, 4.69) is 29.6 Å². The van der Waals surface area contributed by atoms with E-state index in [0.29, 0.717) is 0 Å². The molecule has 0 spiro atoms. The molecular formula is C14H25N3S. The summed E-state index contributed by atoms with van der Waals surface area (Å²) in [5.74, 6) is 0.817. The van der Waals surface area contributed by atoms with Crippen LogP contribution in [-0.4, -0.2) is 36.6 Å². The van der Waals surface area contributed by atoms with Crippen LogP contribution in [0, 0.1) is 5.92 Å². The predicted molar refractivity (Wildman–Crippen MR) is 78.0 cm³/mol. The van der Waals surface area contributed by atoms with E-state index in [1.165, 1.54) is 43.1 Å². The Morgan fingerprint density at radius 3 is 3.22 bits per heavy atom. The Labute approximate surface area is 115 Å². The van der Waals surface area contributed by atoms with Gasteiger partial charge >= 0.3 is 0 Å². The molecule has 1 fully saturated rings. The third-order valence-corrected chi connectivity index (χ3v) is 4.50. The number of rotatable bonds is 6. The van der Waals surface area contributed by atoms with Crippen molar-refractivity contribution in [3.63, 3.8) is 0 Å². The Balaban J connectivity index is 1.84. The van der Waals surface area contributed by atoms with Crippen LogP contribution in [0.2, 0.25) is 0 Å².